The van der Waals surface area contributed by atoms with Crippen molar-refractivity contribution < 1.29 is 4.79 Å². The smallest absolute Gasteiger partial charge is 0.236 e. The van der Waals surface area contributed by atoms with E-state index >= 15 is 0 Å². The van der Waals surface area contributed by atoms with Crippen LogP contribution in [-0.4, -0.2) is 67.4 Å². The fraction of sp³-hybridized carbons (Fsp3) is 0.562. The largest absolute Gasteiger partial charge is 0.348 e. The van der Waals surface area contributed by atoms with Crippen molar-refractivity contribution in [3.63, 3.8) is 0 Å². The molecule has 4 nitrogen and oxygen atoms in total. The Kier molecular flexibility index (Phi) is 5.15. The van der Waals surface area contributed by atoms with Crippen LogP contribution in [0.25, 0.3) is 0 Å². The van der Waals surface area contributed by atoms with Crippen LogP contribution in [0.2, 0.25) is 0 Å². The van der Waals surface area contributed by atoms with Gasteiger partial charge in [0.05, 0.1) is 6.54 Å². The fourth-order valence-corrected chi connectivity index (χ4v) is 2.51. The van der Waals surface area contributed by atoms with Crippen molar-refractivity contribution in [3.05, 3.63) is 35.4 Å². The summed E-state index contributed by atoms with van der Waals surface area (Å²) in [5, 5.41) is 0. The van der Waals surface area contributed by atoms with E-state index in [1.54, 1.807) is 4.90 Å². The lowest BCUT2D eigenvalue weighted by molar-refractivity contribution is -0.130. The van der Waals surface area contributed by atoms with Crippen LogP contribution in [0.15, 0.2) is 24.3 Å². The summed E-state index contributed by atoms with van der Waals surface area (Å²) in [7, 11) is 3.63. The van der Waals surface area contributed by atoms with Gasteiger partial charge in [-0.3, -0.25) is 14.6 Å². The molecule has 1 aromatic rings. The Balaban J connectivity index is 1.78. The first-order valence-corrected chi connectivity index (χ1v) is 7.25. The topological polar surface area (TPSA) is 26.8 Å². The predicted molar refractivity (Wildman–Crippen MR) is 81.6 cm³/mol. The van der Waals surface area contributed by atoms with Gasteiger partial charge in [-0.05, 0) is 12.5 Å². The molecule has 20 heavy (non-hydrogen) atoms. The van der Waals surface area contributed by atoms with E-state index in [1.807, 2.05) is 14.1 Å². The van der Waals surface area contributed by atoms with Crippen molar-refractivity contribution in [2.75, 3.05) is 46.8 Å². The molecule has 1 aliphatic rings. The van der Waals surface area contributed by atoms with Crippen LogP contribution in [-0.2, 0) is 11.3 Å². The maximum Gasteiger partial charge on any atom is 0.236 e. The van der Waals surface area contributed by atoms with Gasteiger partial charge in [0.15, 0.2) is 0 Å². The molecule has 1 saturated heterocycles. The standard InChI is InChI=1S/C16H25N3O/c1-14-5-4-6-15(11-14)12-18-7-9-19(10-8-18)13-16(20)17(2)3/h4-6,11H,7-10,12-13H2,1-3H3. The zero-order chi connectivity index (χ0) is 14.5. The minimum Gasteiger partial charge on any atom is -0.348 e. The molecule has 0 radical (unpaired) electrons. The van der Waals surface area contributed by atoms with Gasteiger partial charge in [-0.15, -0.1) is 0 Å². The summed E-state index contributed by atoms with van der Waals surface area (Å²) in [5.41, 5.74) is 2.69. The molecule has 0 atom stereocenters. The Morgan fingerprint density at radius 1 is 1.15 bits per heavy atom. The van der Waals surface area contributed by atoms with Crippen molar-refractivity contribution in [1.82, 2.24) is 14.7 Å². The Morgan fingerprint density at radius 2 is 1.80 bits per heavy atom. The van der Waals surface area contributed by atoms with E-state index in [1.165, 1.54) is 11.1 Å². The van der Waals surface area contributed by atoms with Gasteiger partial charge in [0.2, 0.25) is 5.91 Å². The number of nitrogens with zero attached hydrogens (tertiary/aromatic N) is 3. The van der Waals surface area contributed by atoms with Crippen LogP contribution >= 0.6 is 0 Å². The molecule has 2 rings (SSSR count). The van der Waals surface area contributed by atoms with Crippen LogP contribution in [0.5, 0.6) is 0 Å². The van der Waals surface area contributed by atoms with E-state index in [-0.39, 0.29) is 5.91 Å². The molecule has 1 amide bonds. The summed E-state index contributed by atoms with van der Waals surface area (Å²) in [5.74, 6) is 0.192. The molecule has 0 aliphatic carbocycles. The van der Waals surface area contributed by atoms with E-state index in [0.29, 0.717) is 6.54 Å². The van der Waals surface area contributed by atoms with Gasteiger partial charge in [0.25, 0.3) is 0 Å². The average molecular weight is 275 g/mol. The fourth-order valence-electron chi connectivity index (χ4n) is 2.51. The minimum absolute atomic E-state index is 0.192. The van der Waals surface area contributed by atoms with E-state index in [0.717, 1.165) is 32.7 Å². The summed E-state index contributed by atoms with van der Waals surface area (Å²) in [4.78, 5) is 18.1. The summed E-state index contributed by atoms with van der Waals surface area (Å²) in [6.07, 6.45) is 0. The van der Waals surface area contributed by atoms with E-state index < -0.39 is 0 Å². The van der Waals surface area contributed by atoms with Crippen LogP contribution < -0.4 is 0 Å². The van der Waals surface area contributed by atoms with Crippen LogP contribution in [0, 0.1) is 6.92 Å². The van der Waals surface area contributed by atoms with Crippen LogP contribution in [0.4, 0.5) is 0 Å². The number of carbonyl (C=O) groups excluding carboxylic acids is 1. The molecule has 110 valence electrons. The van der Waals surface area contributed by atoms with Gasteiger partial charge in [-0.1, -0.05) is 29.8 Å². The average Bonchev–Trinajstić information content (AvgIpc) is 2.41. The third kappa shape index (κ3) is 4.32. The second-order valence-electron chi connectivity index (χ2n) is 5.83. The van der Waals surface area contributed by atoms with Gasteiger partial charge < -0.3 is 4.90 Å². The summed E-state index contributed by atoms with van der Waals surface area (Å²) in [6, 6.07) is 8.70. The van der Waals surface area contributed by atoms with Gasteiger partial charge in [0, 0.05) is 46.8 Å². The predicted octanol–water partition coefficient (Wildman–Crippen LogP) is 1.20. The first-order chi connectivity index (χ1) is 9.54. The van der Waals surface area contributed by atoms with E-state index in [2.05, 4.69) is 41.0 Å². The lowest BCUT2D eigenvalue weighted by Crippen LogP contribution is -2.48. The second-order valence-corrected chi connectivity index (χ2v) is 5.83. The first kappa shape index (κ1) is 15.0. The Bertz CT molecular complexity index is 451. The third-order valence-corrected chi connectivity index (χ3v) is 3.81. The number of hydrogen-bond donors (Lipinski definition) is 0. The van der Waals surface area contributed by atoms with Crippen LogP contribution in [0.1, 0.15) is 11.1 Å². The highest BCUT2D eigenvalue weighted by atomic mass is 16.2. The molecule has 0 spiro atoms. The maximum atomic E-state index is 11.7. The lowest BCUT2D eigenvalue weighted by Gasteiger charge is -2.34. The van der Waals surface area contributed by atoms with Crippen molar-refractivity contribution >= 4 is 5.91 Å². The zero-order valence-electron chi connectivity index (χ0n) is 12.8. The van der Waals surface area contributed by atoms with Gasteiger partial charge in [-0.25, -0.2) is 0 Å². The quantitative estimate of drug-likeness (QED) is 0.826. The molecule has 0 unspecified atom stereocenters. The number of benzene rings is 1. The number of aryl methyl sites for hydroxylation is 1. The SMILES string of the molecule is Cc1cccc(CN2CCN(CC(=O)N(C)C)CC2)c1. The molecule has 0 N–H and O–H groups in total. The number of piperazine rings is 1. The summed E-state index contributed by atoms with van der Waals surface area (Å²) in [6.45, 7) is 7.72. The van der Waals surface area contributed by atoms with Gasteiger partial charge in [-0.2, -0.15) is 0 Å². The highest BCUT2D eigenvalue weighted by Gasteiger charge is 2.19. The second kappa shape index (κ2) is 6.86. The maximum absolute atomic E-state index is 11.7. The lowest BCUT2D eigenvalue weighted by atomic mass is 10.1. The Morgan fingerprint density at radius 3 is 2.40 bits per heavy atom. The van der Waals surface area contributed by atoms with Crippen LogP contribution in [0.3, 0.4) is 0 Å². The van der Waals surface area contributed by atoms with Crippen molar-refractivity contribution in [2.24, 2.45) is 0 Å². The summed E-state index contributed by atoms with van der Waals surface area (Å²) < 4.78 is 0. The molecule has 1 aromatic carbocycles. The van der Waals surface area contributed by atoms with Crippen molar-refractivity contribution in [2.45, 2.75) is 13.5 Å². The number of carbonyl (C=O) groups is 1. The number of likely N-dealkylation sites (N-methyl/N-ethyl adjacent to an activating group) is 1. The molecule has 1 aliphatic heterocycles. The molecular weight excluding hydrogens is 250 g/mol. The van der Waals surface area contributed by atoms with Crippen molar-refractivity contribution in [3.8, 4) is 0 Å². The minimum atomic E-state index is 0.192. The summed E-state index contributed by atoms with van der Waals surface area (Å²) >= 11 is 0. The normalized spacial score (nSPS) is 17.1. The highest BCUT2D eigenvalue weighted by molar-refractivity contribution is 5.77. The first-order valence-electron chi connectivity index (χ1n) is 7.25. The Hall–Kier alpha value is -1.39. The monoisotopic (exact) mass is 275 g/mol. The van der Waals surface area contributed by atoms with Crippen molar-refractivity contribution in [1.29, 1.82) is 0 Å². The number of rotatable bonds is 4. The molecule has 4 heteroatoms. The van der Waals surface area contributed by atoms with Gasteiger partial charge in [0.1, 0.15) is 0 Å². The van der Waals surface area contributed by atoms with E-state index in [9.17, 15) is 4.79 Å². The van der Waals surface area contributed by atoms with E-state index in [4.69, 9.17) is 0 Å². The zero-order valence-corrected chi connectivity index (χ0v) is 12.8. The molecule has 1 heterocycles. The Labute approximate surface area is 122 Å². The highest BCUT2D eigenvalue weighted by Crippen LogP contribution is 2.10. The molecular formula is C16H25N3O. The number of amides is 1. The molecule has 0 saturated carbocycles. The molecule has 0 aromatic heterocycles. The molecule has 1 fully saturated rings. The molecule has 0 bridgehead atoms. The number of hydrogen-bond acceptors (Lipinski definition) is 3. The third-order valence-electron chi connectivity index (χ3n) is 3.81. The van der Waals surface area contributed by atoms with Gasteiger partial charge >= 0.3 is 0 Å².